The molecule has 3 heterocycles. The molecule has 1 aliphatic carbocycles. The van der Waals surface area contributed by atoms with Crippen LogP contribution in [-0.2, 0) is 35.4 Å². The van der Waals surface area contributed by atoms with Gasteiger partial charge >= 0.3 is 5.97 Å². The van der Waals surface area contributed by atoms with Crippen LogP contribution in [0.1, 0.15) is 46.2 Å². The minimum Gasteiger partial charge on any atom is -0.457 e. The molecule has 4 rings (SSSR count). The molecule has 0 aliphatic heterocycles. The average Bonchev–Trinajstić information content (AvgIpc) is 3.09. The number of anilines is 1. The van der Waals surface area contributed by atoms with E-state index >= 15 is 0 Å². The van der Waals surface area contributed by atoms with Crippen molar-refractivity contribution in [2.75, 3.05) is 5.73 Å². The highest BCUT2D eigenvalue weighted by molar-refractivity contribution is 7.19. The molecule has 0 unspecified atom stereocenters. The summed E-state index contributed by atoms with van der Waals surface area (Å²) in [5, 5.41) is 3.81. The first-order valence-electron chi connectivity index (χ1n) is 8.73. The fourth-order valence-electron chi connectivity index (χ4n) is 3.31. The Morgan fingerprint density at radius 3 is 2.88 bits per heavy atom. The van der Waals surface area contributed by atoms with Gasteiger partial charge in [0.25, 0.3) is 0 Å². The topological polar surface area (TPSA) is 91.0 Å². The number of nitrogens with two attached hydrogens (primary N) is 1. The molecular formula is C18H20N4O2S2. The van der Waals surface area contributed by atoms with E-state index in [1.54, 1.807) is 11.3 Å². The highest BCUT2D eigenvalue weighted by Gasteiger charge is 2.19. The number of nitrogens with zero attached hydrogens (tertiary/aromatic N) is 3. The third-order valence-electron chi connectivity index (χ3n) is 4.49. The highest BCUT2D eigenvalue weighted by Crippen LogP contribution is 2.37. The summed E-state index contributed by atoms with van der Waals surface area (Å²) < 4.78 is 5.32. The predicted molar refractivity (Wildman–Crippen MR) is 103 cm³/mol. The molecule has 3 aromatic rings. The first-order valence-corrected chi connectivity index (χ1v) is 10.4. The van der Waals surface area contributed by atoms with Crippen molar-refractivity contribution >= 4 is 44.7 Å². The zero-order valence-corrected chi connectivity index (χ0v) is 16.2. The predicted octanol–water partition coefficient (Wildman–Crippen LogP) is 3.59. The lowest BCUT2D eigenvalue weighted by molar-refractivity contribution is -0.144. The van der Waals surface area contributed by atoms with E-state index in [1.165, 1.54) is 41.0 Å². The number of thiophene rings is 1. The average molecular weight is 389 g/mol. The van der Waals surface area contributed by atoms with E-state index in [9.17, 15) is 4.79 Å². The second-order valence-electron chi connectivity index (χ2n) is 6.47. The zero-order chi connectivity index (χ0) is 18.1. The summed E-state index contributed by atoms with van der Waals surface area (Å²) in [4.78, 5) is 27.5. The molecule has 0 radical (unpaired) electrons. The molecule has 136 valence electrons. The van der Waals surface area contributed by atoms with Crippen LogP contribution in [0.25, 0.3) is 10.2 Å². The minimum absolute atomic E-state index is 0.0324. The van der Waals surface area contributed by atoms with Gasteiger partial charge in [0.2, 0.25) is 0 Å². The summed E-state index contributed by atoms with van der Waals surface area (Å²) in [6.45, 7) is 1.94. The van der Waals surface area contributed by atoms with Crippen molar-refractivity contribution in [1.82, 2.24) is 15.0 Å². The van der Waals surface area contributed by atoms with Gasteiger partial charge in [0.15, 0.2) is 12.4 Å². The van der Waals surface area contributed by atoms with Gasteiger partial charge in [-0.1, -0.05) is 6.42 Å². The molecule has 0 bridgehead atoms. The number of hydrogen-bond acceptors (Lipinski definition) is 8. The summed E-state index contributed by atoms with van der Waals surface area (Å²) in [5.74, 6) is 0.615. The smallest absolute Gasteiger partial charge is 0.312 e. The van der Waals surface area contributed by atoms with E-state index in [2.05, 4.69) is 15.0 Å². The van der Waals surface area contributed by atoms with Gasteiger partial charge < -0.3 is 10.5 Å². The van der Waals surface area contributed by atoms with E-state index in [4.69, 9.17) is 10.5 Å². The number of rotatable bonds is 4. The number of aromatic nitrogens is 3. The molecule has 0 spiro atoms. The lowest BCUT2D eigenvalue weighted by Crippen LogP contribution is -2.10. The minimum atomic E-state index is -0.334. The number of hydrogen-bond donors (Lipinski definition) is 1. The SMILES string of the molecule is Cc1nc(CC(=O)OCc2nc(N)c3c4c(sc3n2)CCCCC4)cs1. The Morgan fingerprint density at radius 2 is 2.08 bits per heavy atom. The van der Waals surface area contributed by atoms with Gasteiger partial charge in [0, 0.05) is 10.3 Å². The van der Waals surface area contributed by atoms with Crippen LogP contribution in [0.2, 0.25) is 0 Å². The number of nitrogen functional groups attached to an aromatic ring is 1. The van der Waals surface area contributed by atoms with E-state index in [-0.39, 0.29) is 19.0 Å². The fourth-order valence-corrected chi connectivity index (χ4v) is 5.21. The molecule has 0 fully saturated rings. The number of aryl methyl sites for hydroxylation is 3. The number of carbonyl (C=O) groups excluding carboxylic acids is 1. The number of ether oxygens (including phenoxy) is 1. The number of esters is 1. The Balaban J connectivity index is 1.49. The first kappa shape index (κ1) is 17.4. The van der Waals surface area contributed by atoms with E-state index < -0.39 is 0 Å². The van der Waals surface area contributed by atoms with Crippen LogP contribution in [0.5, 0.6) is 0 Å². The summed E-state index contributed by atoms with van der Waals surface area (Å²) in [6, 6.07) is 0. The summed E-state index contributed by atoms with van der Waals surface area (Å²) in [5.41, 5.74) is 8.27. The van der Waals surface area contributed by atoms with Crippen molar-refractivity contribution in [2.45, 2.75) is 52.1 Å². The van der Waals surface area contributed by atoms with Crippen LogP contribution >= 0.6 is 22.7 Å². The highest BCUT2D eigenvalue weighted by atomic mass is 32.1. The maximum absolute atomic E-state index is 12.0. The molecule has 3 aromatic heterocycles. The van der Waals surface area contributed by atoms with Gasteiger partial charge in [-0.2, -0.15) is 0 Å². The molecule has 8 heteroatoms. The number of thiazole rings is 1. The standard InChI is InChI=1S/C18H20N4O2S2/c1-10-20-11(9-25-10)7-15(23)24-8-14-21-17(19)16-12-5-3-2-4-6-13(12)26-18(16)22-14/h9H,2-8H2,1H3,(H2,19,21,22). The second-order valence-corrected chi connectivity index (χ2v) is 8.61. The lowest BCUT2D eigenvalue weighted by atomic mass is 10.1. The molecule has 0 atom stereocenters. The molecule has 6 nitrogen and oxygen atoms in total. The van der Waals surface area contributed by atoms with Gasteiger partial charge in [-0.15, -0.1) is 22.7 Å². The van der Waals surface area contributed by atoms with Crippen LogP contribution in [0.4, 0.5) is 5.82 Å². The van der Waals surface area contributed by atoms with Crippen LogP contribution in [0.15, 0.2) is 5.38 Å². The third-order valence-corrected chi connectivity index (χ3v) is 6.50. The van der Waals surface area contributed by atoms with Gasteiger partial charge in [-0.05, 0) is 38.2 Å². The van der Waals surface area contributed by atoms with Crippen molar-refractivity contribution in [2.24, 2.45) is 0 Å². The molecular weight excluding hydrogens is 368 g/mol. The first-order chi connectivity index (χ1) is 12.6. The Hall–Kier alpha value is -2.06. The fraction of sp³-hybridized carbons (Fsp3) is 0.444. The van der Waals surface area contributed by atoms with E-state index in [1.807, 2.05) is 12.3 Å². The number of carbonyl (C=O) groups is 1. The van der Waals surface area contributed by atoms with Crippen LogP contribution in [0, 0.1) is 6.92 Å². The summed E-state index contributed by atoms with van der Waals surface area (Å²) >= 11 is 3.22. The van der Waals surface area contributed by atoms with Crippen LogP contribution in [0.3, 0.4) is 0 Å². The Bertz CT molecular complexity index is 964. The van der Waals surface area contributed by atoms with Crippen LogP contribution < -0.4 is 5.73 Å². The van der Waals surface area contributed by atoms with Crippen molar-refractivity contribution in [3.8, 4) is 0 Å². The van der Waals surface area contributed by atoms with Gasteiger partial charge in [0.1, 0.15) is 10.6 Å². The maximum atomic E-state index is 12.0. The van der Waals surface area contributed by atoms with Gasteiger partial charge in [0.05, 0.1) is 22.5 Å². The molecule has 26 heavy (non-hydrogen) atoms. The van der Waals surface area contributed by atoms with Crippen molar-refractivity contribution < 1.29 is 9.53 Å². The van der Waals surface area contributed by atoms with Crippen LogP contribution in [-0.4, -0.2) is 20.9 Å². The summed E-state index contributed by atoms with van der Waals surface area (Å²) in [6.07, 6.45) is 5.96. The maximum Gasteiger partial charge on any atom is 0.312 e. The lowest BCUT2D eigenvalue weighted by Gasteiger charge is -2.06. The Morgan fingerprint density at radius 1 is 1.23 bits per heavy atom. The molecule has 2 N–H and O–H groups in total. The number of fused-ring (bicyclic) bond motifs is 3. The molecule has 0 saturated carbocycles. The van der Waals surface area contributed by atoms with E-state index in [0.717, 1.165) is 33.8 Å². The molecule has 1 aliphatic rings. The van der Waals surface area contributed by atoms with E-state index in [0.29, 0.717) is 11.6 Å². The van der Waals surface area contributed by atoms with Gasteiger partial charge in [-0.3, -0.25) is 4.79 Å². The second kappa shape index (κ2) is 7.28. The Labute approximate surface area is 159 Å². The molecule has 0 aromatic carbocycles. The summed E-state index contributed by atoms with van der Waals surface area (Å²) in [7, 11) is 0. The molecule has 0 amide bonds. The third kappa shape index (κ3) is 3.57. The zero-order valence-electron chi connectivity index (χ0n) is 14.6. The van der Waals surface area contributed by atoms with Gasteiger partial charge in [-0.25, -0.2) is 15.0 Å². The van der Waals surface area contributed by atoms with Crippen molar-refractivity contribution in [1.29, 1.82) is 0 Å². The normalized spacial score (nSPS) is 14.2. The largest absolute Gasteiger partial charge is 0.457 e. The Kier molecular flexibility index (Phi) is 4.86. The quantitative estimate of drug-likeness (QED) is 0.542. The molecule has 0 saturated heterocycles. The van der Waals surface area contributed by atoms with Crippen molar-refractivity contribution in [3.05, 3.63) is 32.3 Å². The monoisotopic (exact) mass is 388 g/mol. The van der Waals surface area contributed by atoms with Crippen molar-refractivity contribution in [3.63, 3.8) is 0 Å².